The molecule has 1 saturated heterocycles. The minimum absolute atomic E-state index is 0.0300. The lowest BCUT2D eigenvalue weighted by Gasteiger charge is -2.29. The second-order valence-corrected chi connectivity index (χ2v) is 9.89. The van der Waals surface area contributed by atoms with Gasteiger partial charge in [0.05, 0.1) is 18.8 Å². The third-order valence-electron chi connectivity index (χ3n) is 7.31. The third-order valence-corrected chi connectivity index (χ3v) is 7.55. The highest BCUT2D eigenvalue weighted by atomic mass is 35.5. The summed E-state index contributed by atoms with van der Waals surface area (Å²) in [5, 5.41) is 7.40. The van der Waals surface area contributed by atoms with Crippen LogP contribution in [0.4, 0.5) is 17.6 Å². The number of hydrogen-bond acceptors (Lipinski definition) is 3. The lowest BCUT2D eigenvalue weighted by molar-refractivity contribution is -0.142. The first kappa shape index (κ1) is 22.7. The highest BCUT2D eigenvalue weighted by Crippen LogP contribution is 2.41. The van der Waals surface area contributed by atoms with Crippen molar-refractivity contribution in [3.63, 3.8) is 0 Å². The SMILES string of the molecule is O=C(CC1CC2CNCC2C1)N1CCc2c(C(F)(F)F)nn(Cc3ccc(Cl)cc3F)c2C1. The highest BCUT2D eigenvalue weighted by Gasteiger charge is 2.42. The summed E-state index contributed by atoms with van der Waals surface area (Å²) in [7, 11) is 0. The van der Waals surface area contributed by atoms with E-state index in [2.05, 4.69) is 10.4 Å². The van der Waals surface area contributed by atoms with Gasteiger partial charge in [0.25, 0.3) is 0 Å². The Morgan fingerprint density at radius 3 is 2.61 bits per heavy atom. The van der Waals surface area contributed by atoms with E-state index in [1.807, 2.05) is 0 Å². The van der Waals surface area contributed by atoms with Gasteiger partial charge in [-0.2, -0.15) is 18.3 Å². The minimum Gasteiger partial charge on any atom is -0.336 e. The molecule has 2 fully saturated rings. The molecular formula is C23H25ClF4N4O. The number of amides is 1. The van der Waals surface area contributed by atoms with Gasteiger partial charge in [0.15, 0.2) is 5.69 Å². The van der Waals surface area contributed by atoms with Crippen LogP contribution < -0.4 is 5.32 Å². The predicted molar refractivity (Wildman–Crippen MR) is 114 cm³/mol. The van der Waals surface area contributed by atoms with Gasteiger partial charge in [-0.05, 0) is 62.2 Å². The van der Waals surface area contributed by atoms with Crippen molar-refractivity contribution in [1.82, 2.24) is 20.0 Å². The van der Waals surface area contributed by atoms with Crippen molar-refractivity contribution >= 4 is 17.5 Å². The highest BCUT2D eigenvalue weighted by molar-refractivity contribution is 6.30. The number of nitrogens with one attached hydrogen (secondary N) is 1. The predicted octanol–water partition coefficient (Wildman–Crippen LogP) is 4.26. The topological polar surface area (TPSA) is 50.2 Å². The Hall–Kier alpha value is -2.13. The Balaban J connectivity index is 1.36. The van der Waals surface area contributed by atoms with Crippen LogP contribution in [-0.4, -0.2) is 40.2 Å². The number of hydrogen-bond donors (Lipinski definition) is 1. The van der Waals surface area contributed by atoms with Gasteiger partial charge in [0.2, 0.25) is 5.91 Å². The van der Waals surface area contributed by atoms with Crippen molar-refractivity contribution in [2.75, 3.05) is 19.6 Å². The maximum Gasteiger partial charge on any atom is 0.435 e. The van der Waals surface area contributed by atoms with Crippen LogP contribution in [0.5, 0.6) is 0 Å². The smallest absolute Gasteiger partial charge is 0.336 e. The summed E-state index contributed by atoms with van der Waals surface area (Å²) in [6, 6.07) is 4.05. The molecule has 0 spiro atoms. The van der Waals surface area contributed by atoms with Crippen LogP contribution in [0.1, 0.15) is 41.8 Å². The Bertz CT molecular complexity index is 1060. The number of fused-ring (bicyclic) bond motifs is 2. The summed E-state index contributed by atoms with van der Waals surface area (Å²) in [4.78, 5) is 14.7. The van der Waals surface area contributed by atoms with Crippen molar-refractivity contribution < 1.29 is 22.4 Å². The molecule has 33 heavy (non-hydrogen) atoms. The van der Waals surface area contributed by atoms with E-state index in [1.54, 1.807) is 4.90 Å². The molecule has 10 heteroatoms. The van der Waals surface area contributed by atoms with E-state index in [9.17, 15) is 22.4 Å². The Morgan fingerprint density at radius 2 is 1.94 bits per heavy atom. The van der Waals surface area contributed by atoms with Gasteiger partial charge in [-0.1, -0.05) is 17.7 Å². The number of carbonyl (C=O) groups is 1. The second kappa shape index (κ2) is 8.58. The molecule has 1 aromatic carbocycles. The Labute approximate surface area is 194 Å². The van der Waals surface area contributed by atoms with Crippen molar-refractivity contribution in [3.05, 3.63) is 51.6 Å². The van der Waals surface area contributed by atoms with Crippen LogP contribution in [-0.2, 0) is 30.5 Å². The maximum atomic E-state index is 14.3. The molecule has 2 aliphatic heterocycles. The molecule has 178 valence electrons. The molecule has 1 N–H and O–H groups in total. The van der Waals surface area contributed by atoms with Gasteiger partial charge in [0.1, 0.15) is 5.82 Å². The molecular weight excluding hydrogens is 460 g/mol. The zero-order valence-corrected chi connectivity index (χ0v) is 18.7. The first-order valence-corrected chi connectivity index (χ1v) is 11.6. The van der Waals surface area contributed by atoms with E-state index in [0.717, 1.165) is 32.0 Å². The lowest BCUT2D eigenvalue weighted by Crippen LogP contribution is -2.37. The molecule has 2 unspecified atom stereocenters. The zero-order valence-electron chi connectivity index (χ0n) is 18.0. The fourth-order valence-electron chi connectivity index (χ4n) is 5.70. The molecule has 5 nitrogen and oxygen atoms in total. The summed E-state index contributed by atoms with van der Waals surface area (Å²) >= 11 is 5.80. The Morgan fingerprint density at radius 1 is 1.21 bits per heavy atom. The average molecular weight is 485 g/mol. The first-order valence-electron chi connectivity index (χ1n) is 11.3. The van der Waals surface area contributed by atoms with Crippen molar-refractivity contribution in [2.45, 2.75) is 44.9 Å². The standard InChI is InChI=1S/C23H25ClF4N4O/c24-17-2-1-14(19(25)8-17)11-32-20-12-31(4-3-18(20)22(30-32)23(26,27)28)21(33)7-13-5-15-9-29-10-16(15)6-13/h1-2,8,13,15-16,29H,3-7,9-12H2. The van der Waals surface area contributed by atoms with Crippen LogP contribution in [0.3, 0.4) is 0 Å². The maximum absolute atomic E-state index is 14.3. The van der Waals surface area contributed by atoms with E-state index in [1.165, 1.54) is 16.8 Å². The van der Waals surface area contributed by atoms with Gasteiger partial charge in [-0.25, -0.2) is 4.39 Å². The van der Waals surface area contributed by atoms with E-state index in [4.69, 9.17) is 11.6 Å². The van der Waals surface area contributed by atoms with Gasteiger partial charge in [-0.3, -0.25) is 9.48 Å². The summed E-state index contributed by atoms with van der Waals surface area (Å²) in [6.07, 6.45) is -2.06. The summed E-state index contributed by atoms with van der Waals surface area (Å²) in [6.45, 7) is 2.12. The molecule has 3 heterocycles. The van der Waals surface area contributed by atoms with Crippen LogP contribution in [0, 0.1) is 23.6 Å². The molecule has 3 aliphatic rings. The quantitative estimate of drug-likeness (QED) is 0.660. The Kier molecular flexibility index (Phi) is 5.89. The van der Waals surface area contributed by atoms with Gasteiger partial charge < -0.3 is 10.2 Å². The molecule has 1 saturated carbocycles. The zero-order chi connectivity index (χ0) is 23.3. The lowest BCUT2D eigenvalue weighted by atomic mass is 9.99. The van der Waals surface area contributed by atoms with Gasteiger partial charge in [-0.15, -0.1) is 0 Å². The van der Waals surface area contributed by atoms with Crippen LogP contribution in [0.2, 0.25) is 5.02 Å². The summed E-state index contributed by atoms with van der Waals surface area (Å²) in [5.41, 5.74) is -0.339. The van der Waals surface area contributed by atoms with Crippen molar-refractivity contribution in [3.8, 4) is 0 Å². The van der Waals surface area contributed by atoms with Gasteiger partial charge >= 0.3 is 6.18 Å². The summed E-state index contributed by atoms with van der Waals surface area (Å²) in [5.74, 6) is 0.944. The molecule has 1 amide bonds. The number of carbonyl (C=O) groups excluding carboxylic acids is 1. The second-order valence-electron chi connectivity index (χ2n) is 9.45. The van der Waals surface area contributed by atoms with Gasteiger partial charge in [0, 0.05) is 29.1 Å². The van der Waals surface area contributed by atoms with Crippen molar-refractivity contribution in [2.24, 2.45) is 17.8 Å². The van der Waals surface area contributed by atoms with E-state index in [-0.39, 0.29) is 48.1 Å². The number of alkyl halides is 3. The molecule has 2 atom stereocenters. The van der Waals surface area contributed by atoms with E-state index < -0.39 is 17.7 Å². The minimum atomic E-state index is -4.62. The molecule has 0 bridgehead atoms. The fraction of sp³-hybridized carbons (Fsp3) is 0.565. The van der Waals surface area contributed by atoms with Crippen LogP contribution >= 0.6 is 11.6 Å². The molecule has 1 aromatic heterocycles. The molecule has 1 aliphatic carbocycles. The van der Waals surface area contributed by atoms with E-state index >= 15 is 0 Å². The van der Waals surface area contributed by atoms with Crippen LogP contribution in [0.25, 0.3) is 0 Å². The number of rotatable bonds is 4. The number of nitrogens with zero attached hydrogens (tertiary/aromatic N) is 3. The van der Waals surface area contributed by atoms with E-state index in [0.29, 0.717) is 29.9 Å². The third kappa shape index (κ3) is 4.49. The van der Waals surface area contributed by atoms with Crippen LogP contribution in [0.15, 0.2) is 18.2 Å². The number of benzene rings is 1. The molecule has 2 aromatic rings. The summed E-state index contributed by atoms with van der Waals surface area (Å²) < 4.78 is 56.4. The average Bonchev–Trinajstić information content (AvgIpc) is 3.43. The molecule has 0 radical (unpaired) electrons. The number of aromatic nitrogens is 2. The largest absolute Gasteiger partial charge is 0.435 e. The number of halogens is 5. The fourth-order valence-corrected chi connectivity index (χ4v) is 5.86. The van der Waals surface area contributed by atoms with Crippen molar-refractivity contribution in [1.29, 1.82) is 0 Å². The monoisotopic (exact) mass is 484 g/mol. The normalized spacial score (nSPS) is 24.8. The molecule has 5 rings (SSSR count). The first-order chi connectivity index (χ1) is 15.7.